The molecule has 3 rings (SSSR count). The first-order valence-corrected chi connectivity index (χ1v) is 9.44. The van der Waals surface area contributed by atoms with Crippen LogP contribution in [0.25, 0.3) is 0 Å². The first-order valence-electron chi connectivity index (χ1n) is 9.44. The van der Waals surface area contributed by atoms with Crippen LogP contribution in [-0.4, -0.2) is 78.4 Å². The van der Waals surface area contributed by atoms with Crippen LogP contribution in [0, 0.1) is 11.6 Å². The molecule has 0 aliphatic carbocycles. The predicted octanol–water partition coefficient (Wildman–Crippen LogP) is 1.53. The number of piperazine rings is 1. The molecule has 2 heterocycles. The minimum absolute atomic E-state index is 0.185. The SMILES string of the molecule is C[C@H](C(=O)Nc1ccc(F)c(F)c1)N1CCN(CC(=O)N2CCCC2)CC1. The second-order valence-electron chi connectivity index (χ2n) is 7.19. The van der Waals surface area contributed by atoms with Gasteiger partial charge >= 0.3 is 0 Å². The van der Waals surface area contributed by atoms with Gasteiger partial charge in [-0.2, -0.15) is 0 Å². The quantitative estimate of drug-likeness (QED) is 0.842. The zero-order chi connectivity index (χ0) is 19.4. The van der Waals surface area contributed by atoms with Crippen molar-refractivity contribution in [2.24, 2.45) is 0 Å². The molecule has 6 nitrogen and oxygen atoms in total. The van der Waals surface area contributed by atoms with Crippen molar-refractivity contribution >= 4 is 17.5 Å². The molecule has 2 aliphatic heterocycles. The number of carbonyl (C=O) groups excluding carboxylic acids is 2. The average molecular weight is 380 g/mol. The highest BCUT2D eigenvalue weighted by atomic mass is 19.2. The number of hydrogen-bond donors (Lipinski definition) is 1. The fourth-order valence-electron chi connectivity index (χ4n) is 3.55. The molecule has 2 aliphatic rings. The fraction of sp³-hybridized carbons (Fsp3) is 0.579. The molecule has 0 aromatic heterocycles. The van der Waals surface area contributed by atoms with E-state index < -0.39 is 17.7 Å². The first-order chi connectivity index (χ1) is 12.9. The van der Waals surface area contributed by atoms with Gasteiger partial charge in [0.15, 0.2) is 11.6 Å². The monoisotopic (exact) mass is 380 g/mol. The van der Waals surface area contributed by atoms with Crippen LogP contribution >= 0.6 is 0 Å². The lowest BCUT2D eigenvalue weighted by Gasteiger charge is -2.37. The van der Waals surface area contributed by atoms with Gasteiger partial charge in [-0.15, -0.1) is 0 Å². The Kier molecular flexibility index (Phi) is 6.38. The molecule has 2 fully saturated rings. The third-order valence-electron chi connectivity index (χ3n) is 5.34. The van der Waals surface area contributed by atoms with E-state index in [1.165, 1.54) is 6.07 Å². The summed E-state index contributed by atoms with van der Waals surface area (Å²) in [4.78, 5) is 30.7. The number of anilines is 1. The maximum absolute atomic E-state index is 13.3. The van der Waals surface area contributed by atoms with Gasteiger partial charge in [-0.25, -0.2) is 8.78 Å². The van der Waals surface area contributed by atoms with E-state index in [4.69, 9.17) is 0 Å². The van der Waals surface area contributed by atoms with E-state index in [1.807, 2.05) is 9.80 Å². The third-order valence-corrected chi connectivity index (χ3v) is 5.34. The molecular weight excluding hydrogens is 354 g/mol. The largest absolute Gasteiger partial charge is 0.342 e. The molecule has 0 bridgehead atoms. The van der Waals surface area contributed by atoms with Gasteiger partial charge in [-0.1, -0.05) is 0 Å². The minimum atomic E-state index is -0.989. The normalized spacial score (nSPS) is 19.9. The van der Waals surface area contributed by atoms with Crippen LogP contribution in [0.15, 0.2) is 18.2 Å². The summed E-state index contributed by atoms with van der Waals surface area (Å²) in [6, 6.07) is 2.91. The van der Waals surface area contributed by atoms with E-state index in [-0.39, 0.29) is 17.5 Å². The molecular formula is C19H26F2N4O2. The van der Waals surface area contributed by atoms with Gasteiger partial charge in [0.1, 0.15) is 0 Å². The van der Waals surface area contributed by atoms with Crippen LogP contribution in [0.3, 0.4) is 0 Å². The Balaban J connectivity index is 1.45. The maximum atomic E-state index is 13.3. The lowest BCUT2D eigenvalue weighted by Crippen LogP contribution is -2.54. The number of benzene rings is 1. The Bertz CT molecular complexity index is 686. The number of nitrogens with zero attached hydrogens (tertiary/aromatic N) is 3. The van der Waals surface area contributed by atoms with Crippen LogP contribution in [0.1, 0.15) is 19.8 Å². The van der Waals surface area contributed by atoms with Crippen molar-refractivity contribution in [3.05, 3.63) is 29.8 Å². The molecule has 0 spiro atoms. The second kappa shape index (κ2) is 8.75. The molecule has 1 atom stereocenters. The lowest BCUT2D eigenvalue weighted by atomic mass is 10.2. The molecule has 2 amide bonds. The Hall–Kier alpha value is -2.06. The minimum Gasteiger partial charge on any atom is -0.342 e. The summed E-state index contributed by atoms with van der Waals surface area (Å²) in [5.74, 6) is -2.01. The van der Waals surface area contributed by atoms with E-state index in [0.717, 1.165) is 51.2 Å². The van der Waals surface area contributed by atoms with Crippen LogP contribution in [0.5, 0.6) is 0 Å². The van der Waals surface area contributed by atoms with Crippen LogP contribution in [0.4, 0.5) is 14.5 Å². The van der Waals surface area contributed by atoms with E-state index in [1.54, 1.807) is 6.92 Å². The average Bonchev–Trinajstić information content (AvgIpc) is 3.20. The van der Waals surface area contributed by atoms with Gasteiger partial charge in [0.05, 0.1) is 12.6 Å². The summed E-state index contributed by atoms with van der Waals surface area (Å²) in [5, 5.41) is 2.63. The van der Waals surface area contributed by atoms with Crippen molar-refractivity contribution in [2.45, 2.75) is 25.8 Å². The molecule has 148 valence electrons. The smallest absolute Gasteiger partial charge is 0.241 e. The lowest BCUT2D eigenvalue weighted by molar-refractivity contribution is -0.132. The number of carbonyl (C=O) groups is 2. The van der Waals surface area contributed by atoms with Crippen molar-refractivity contribution < 1.29 is 18.4 Å². The van der Waals surface area contributed by atoms with Crippen LogP contribution in [-0.2, 0) is 9.59 Å². The number of hydrogen-bond acceptors (Lipinski definition) is 4. The number of amides is 2. The molecule has 1 aromatic carbocycles. The highest BCUT2D eigenvalue weighted by Crippen LogP contribution is 2.15. The van der Waals surface area contributed by atoms with Crippen molar-refractivity contribution in [3.63, 3.8) is 0 Å². The van der Waals surface area contributed by atoms with Crippen LogP contribution in [0.2, 0.25) is 0 Å². The third kappa shape index (κ3) is 5.01. The highest BCUT2D eigenvalue weighted by molar-refractivity contribution is 5.94. The molecule has 1 aromatic rings. The van der Waals surface area contributed by atoms with Crippen molar-refractivity contribution in [3.8, 4) is 0 Å². The Morgan fingerprint density at radius 3 is 2.33 bits per heavy atom. The number of likely N-dealkylation sites (tertiary alicyclic amines) is 1. The van der Waals surface area contributed by atoms with E-state index in [9.17, 15) is 18.4 Å². The molecule has 0 radical (unpaired) electrons. The summed E-state index contributed by atoms with van der Waals surface area (Å²) in [5.41, 5.74) is 0.237. The van der Waals surface area contributed by atoms with Crippen LogP contribution < -0.4 is 5.32 Å². The predicted molar refractivity (Wildman–Crippen MR) is 98.3 cm³/mol. The Morgan fingerprint density at radius 1 is 1.04 bits per heavy atom. The molecule has 27 heavy (non-hydrogen) atoms. The molecule has 2 saturated heterocycles. The number of halogens is 2. The van der Waals surface area contributed by atoms with Crippen molar-refractivity contribution in [1.29, 1.82) is 0 Å². The second-order valence-corrected chi connectivity index (χ2v) is 7.19. The van der Waals surface area contributed by atoms with Crippen molar-refractivity contribution in [1.82, 2.24) is 14.7 Å². The summed E-state index contributed by atoms with van der Waals surface area (Å²) in [6.07, 6.45) is 2.17. The summed E-state index contributed by atoms with van der Waals surface area (Å²) < 4.78 is 26.3. The van der Waals surface area contributed by atoms with Gasteiger partial charge in [0.25, 0.3) is 0 Å². The van der Waals surface area contributed by atoms with Gasteiger partial charge in [0.2, 0.25) is 11.8 Å². The van der Waals surface area contributed by atoms with E-state index in [0.29, 0.717) is 19.6 Å². The summed E-state index contributed by atoms with van der Waals surface area (Å²) in [7, 11) is 0. The standard InChI is InChI=1S/C19H26F2N4O2/c1-14(19(27)22-15-4-5-16(20)17(21)12-15)24-10-8-23(9-11-24)13-18(26)25-6-2-3-7-25/h4-5,12,14H,2-3,6-11,13H2,1H3,(H,22,27)/t14-/m1/s1. The zero-order valence-electron chi connectivity index (χ0n) is 15.6. The van der Waals surface area contributed by atoms with E-state index in [2.05, 4.69) is 10.2 Å². The van der Waals surface area contributed by atoms with E-state index >= 15 is 0 Å². The maximum Gasteiger partial charge on any atom is 0.241 e. The fourth-order valence-corrected chi connectivity index (χ4v) is 3.55. The number of rotatable bonds is 5. The molecule has 0 saturated carbocycles. The molecule has 8 heteroatoms. The molecule has 0 unspecified atom stereocenters. The summed E-state index contributed by atoms with van der Waals surface area (Å²) >= 11 is 0. The summed E-state index contributed by atoms with van der Waals surface area (Å²) in [6.45, 7) is 6.76. The topological polar surface area (TPSA) is 55.9 Å². The molecule has 1 N–H and O–H groups in total. The van der Waals surface area contributed by atoms with Crippen molar-refractivity contribution in [2.75, 3.05) is 51.1 Å². The van der Waals surface area contributed by atoms with Gasteiger partial charge in [-0.3, -0.25) is 19.4 Å². The highest BCUT2D eigenvalue weighted by Gasteiger charge is 2.28. The van der Waals surface area contributed by atoms with Gasteiger partial charge in [0, 0.05) is 51.0 Å². The zero-order valence-corrected chi connectivity index (χ0v) is 15.6. The van der Waals surface area contributed by atoms with Gasteiger partial charge < -0.3 is 10.2 Å². The van der Waals surface area contributed by atoms with Gasteiger partial charge in [-0.05, 0) is 31.9 Å². The number of nitrogens with one attached hydrogen (secondary N) is 1. The Morgan fingerprint density at radius 2 is 1.70 bits per heavy atom. The first kappa shape index (κ1) is 19.7. The Labute approximate surface area is 158 Å².